The number of aliphatic hydroxyl groups excluding tert-OH is 1. The van der Waals surface area contributed by atoms with Gasteiger partial charge in [0.15, 0.2) is 0 Å². The molecule has 2 aromatic carbocycles. The third kappa shape index (κ3) is 12.4. The van der Waals surface area contributed by atoms with E-state index in [-0.39, 0.29) is 57.7 Å². The Morgan fingerprint density at radius 2 is 1.48 bits per heavy atom. The van der Waals surface area contributed by atoms with E-state index in [4.69, 9.17) is 38.8 Å². The first-order chi connectivity index (χ1) is 29.6. The Hall–Kier alpha value is -5.43. The molecule has 1 aliphatic carbocycles. The van der Waals surface area contributed by atoms with Crippen LogP contribution in [0.2, 0.25) is 6.04 Å². The minimum Gasteiger partial charge on any atom is -0.469 e. The van der Waals surface area contributed by atoms with E-state index in [0.717, 1.165) is 5.56 Å². The lowest BCUT2D eigenvalue weighted by molar-refractivity contribution is -0.165. The fourth-order valence-corrected chi connectivity index (χ4v) is 9.52. The topological polar surface area (TPSA) is 210 Å². The van der Waals surface area contributed by atoms with Gasteiger partial charge in [-0.05, 0) is 75.1 Å². The second kappa shape index (κ2) is 23.7. The van der Waals surface area contributed by atoms with Crippen LogP contribution in [0.15, 0.2) is 48.2 Å². The van der Waals surface area contributed by atoms with Gasteiger partial charge in [-0.3, -0.25) is 24.0 Å². The number of carbonyl (C=O) groups is 5. The fraction of sp³-hybridized carbons (Fsp3) is 0.533. The molecule has 17 heteroatoms. The standard InChI is InChI=1S/C45H59N3O13Si/c1-10-44(3,42(53)55-6)29-45(4,43(54)61-23-15-25-62(56-7,57-8)58-9)27-31(26-30(2)40(51)60-24-21-49)41(52)59-22-14-20-48-39(50)35-19-13-18-34-37(35)32-16-11-12-17-33(32)38(34)36(28-46)47-5/h11-13,16-19,30-31,49H,10,14-15,20-27,29H2,1-4,6-9H3,(H,48,50)/b38-36+. The molecule has 1 aliphatic rings. The lowest BCUT2D eigenvalue weighted by atomic mass is 9.67. The van der Waals surface area contributed by atoms with Crippen molar-refractivity contribution in [2.24, 2.45) is 22.7 Å². The van der Waals surface area contributed by atoms with Crippen molar-refractivity contribution < 1.29 is 61.3 Å². The predicted molar refractivity (Wildman–Crippen MR) is 228 cm³/mol. The number of methoxy groups -OCH3 is 1. The third-order valence-electron chi connectivity index (χ3n) is 11.3. The number of aliphatic hydroxyl groups is 1. The lowest BCUT2D eigenvalue weighted by Gasteiger charge is -2.37. The van der Waals surface area contributed by atoms with Crippen LogP contribution in [0.5, 0.6) is 0 Å². The lowest BCUT2D eigenvalue weighted by Crippen LogP contribution is -2.43. The summed E-state index contributed by atoms with van der Waals surface area (Å²) in [4.78, 5) is 71.1. The number of ether oxygens (including phenoxy) is 4. The highest BCUT2D eigenvalue weighted by Gasteiger charge is 2.48. The van der Waals surface area contributed by atoms with E-state index in [0.29, 0.717) is 46.7 Å². The number of amides is 1. The van der Waals surface area contributed by atoms with E-state index in [9.17, 15) is 34.3 Å². The van der Waals surface area contributed by atoms with E-state index >= 15 is 0 Å². The van der Waals surface area contributed by atoms with Crippen LogP contribution < -0.4 is 5.32 Å². The number of hydrogen-bond donors (Lipinski definition) is 2. The zero-order valence-corrected chi connectivity index (χ0v) is 37.9. The van der Waals surface area contributed by atoms with E-state index in [1.54, 1.807) is 52.0 Å². The van der Waals surface area contributed by atoms with Gasteiger partial charge in [-0.2, -0.15) is 0 Å². The monoisotopic (exact) mass is 877 g/mol. The Morgan fingerprint density at radius 1 is 0.855 bits per heavy atom. The summed E-state index contributed by atoms with van der Waals surface area (Å²) in [6.45, 7) is 13.5. The fourth-order valence-electron chi connectivity index (χ4n) is 7.83. The molecule has 336 valence electrons. The molecule has 0 saturated carbocycles. The maximum atomic E-state index is 14.1. The van der Waals surface area contributed by atoms with Gasteiger partial charge in [-0.25, -0.2) is 10.1 Å². The molecular weight excluding hydrogens is 819 g/mol. The van der Waals surface area contributed by atoms with Crippen molar-refractivity contribution in [3.8, 4) is 17.2 Å². The van der Waals surface area contributed by atoms with Gasteiger partial charge in [0.05, 0.1) is 62.2 Å². The highest BCUT2D eigenvalue weighted by Crippen LogP contribution is 2.47. The summed E-state index contributed by atoms with van der Waals surface area (Å²) in [6.07, 6.45) is 0.519. The summed E-state index contributed by atoms with van der Waals surface area (Å²) in [5, 5.41) is 21.8. The molecule has 0 aliphatic heterocycles. The number of nitrogens with zero attached hydrogens (tertiary/aromatic N) is 2. The summed E-state index contributed by atoms with van der Waals surface area (Å²) < 4.78 is 38.2. The highest BCUT2D eigenvalue weighted by molar-refractivity contribution is 6.60. The number of hydrogen-bond acceptors (Lipinski definition) is 14. The normalized spacial score (nSPS) is 15.5. The van der Waals surface area contributed by atoms with E-state index in [1.807, 2.05) is 24.3 Å². The molecule has 0 spiro atoms. The molecule has 0 fully saturated rings. The number of fused-ring (bicyclic) bond motifs is 3. The van der Waals surface area contributed by atoms with Crippen molar-refractivity contribution in [1.82, 2.24) is 5.32 Å². The second-order valence-corrected chi connectivity index (χ2v) is 18.7. The smallest absolute Gasteiger partial charge is 0.469 e. The van der Waals surface area contributed by atoms with Crippen LogP contribution >= 0.6 is 0 Å². The molecule has 2 N–H and O–H groups in total. The van der Waals surface area contributed by atoms with Crippen molar-refractivity contribution in [3.63, 3.8) is 0 Å². The number of rotatable bonds is 25. The van der Waals surface area contributed by atoms with Crippen molar-refractivity contribution in [2.45, 2.75) is 72.3 Å². The number of esters is 4. The van der Waals surface area contributed by atoms with Crippen molar-refractivity contribution >= 4 is 44.2 Å². The maximum absolute atomic E-state index is 14.1. The van der Waals surface area contributed by atoms with Gasteiger partial charge in [0, 0.05) is 50.6 Å². The molecule has 2 aromatic rings. The minimum absolute atomic E-state index is 0.0386. The van der Waals surface area contributed by atoms with Gasteiger partial charge in [0.1, 0.15) is 6.61 Å². The van der Waals surface area contributed by atoms with Gasteiger partial charge in [0.25, 0.3) is 11.6 Å². The number of allylic oxidation sites excluding steroid dienone is 1. The van der Waals surface area contributed by atoms with Gasteiger partial charge in [-0.15, -0.1) is 0 Å². The molecule has 0 radical (unpaired) electrons. The number of nitrogens with one attached hydrogen (secondary N) is 1. The van der Waals surface area contributed by atoms with E-state index in [2.05, 4.69) is 10.2 Å². The highest BCUT2D eigenvalue weighted by atomic mass is 28.4. The molecular formula is C45H59N3O13Si. The molecule has 0 saturated heterocycles. The zero-order chi connectivity index (χ0) is 46.1. The summed E-state index contributed by atoms with van der Waals surface area (Å²) in [5.41, 5.74) is 0.748. The summed E-state index contributed by atoms with van der Waals surface area (Å²) in [6, 6.07) is 14.7. The average molecular weight is 878 g/mol. The Kier molecular flexibility index (Phi) is 19.5. The molecule has 0 aromatic heterocycles. The molecule has 1 amide bonds. The van der Waals surface area contributed by atoms with Crippen molar-refractivity contribution in [3.05, 3.63) is 76.3 Å². The van der Waals surface area contributed by atoms with Crippen LogP contribution in [0.1, 0.15) is 87.7 Å². The third-order valence-corrected chi connectivity index (χ3v) is 14.1. The SMILES string of the molecule is [C-]#[N+]/C(C#N)=C1\c2ccccc2-c2c(C(=O)NCCCOC(=O)C(CC(C)C(=O)OCCO)CC(C)(CC(C)(CC)C(=O)OC)C(=O)OCCC[Si](OC)(OC)OC)cccc21. The second-order valence-electron chi connectivity index (χ2n) is 15.6. The molecule has 0 heterocycles. The Bertz CT molecular complexity index is 2010. The van der Waals surface area contributed by atoms with Crippen molar-refractivity contribution in [2.75, 3.05) is 61.4 Å². The minimum atomic E-state index is -2.96. The van der Waals surface area contributed by atoms with Gasteiger partial charge in [-0.1, -0.05) is 50.2 Å². The van der Waals surface area contributed by atoms with E-state index in [1.165, 1.54) is 28.4 Å². The zero-order valence-electron chi connectivity index (χ0n) is 36.9. The average Bonchev–Trinajstić information content (AvgIpc) is 3.62. The largest absolute Gasteiger partial charge is 0.500 e. The molecule has 3 rings (SSSR count). The van der Waals surface area contributed by atoms with Crippen molar-refractivity contribution in [1.29, 1.82) is 5.26 Å². The first-order valence-corrected chi connectivity index (χ1v) is 22.4. The molecule has 62 heavy (non-hydrogen) atoms. The van der Waals surface area contributed by atoms with Gasteiger partial charge in [0.2, 0.25) is 0 Å². The number of benzene rings is 2. The summed E-state index contributed by atoms with van der Waals surface area (Å²) >= 11 is 0. The van der Waals surface area contributed by atoms with Crippen LogP contribution in [0.4, 0.5) is 0 Å². The Labute approximate surface area is 365 Å². The van der Waals surface area contributed by atoms with Crippen LogP contribution in [0, 0.1) is 40.6 Å². The maximum Gasteiger partial charge on any atom is 0.500 e. The van der Waals surface area contributed by atoms with E-state index < -0.39 is 67.9 Å². The summed E-state index contributed by atoms with van der Waals surface area (Å²) in [7, 11) is 2.73. The number of carbonyl (C=O) groups excluding carboxylic acids is 5. The van der Waals surface area contributed by atoms with Crippen LogP contribution in [-0.4, -0.2) is 105 Å². The Morgan fingerprint density at radius 3 is 2.08 bits per heavy atom. The van der Waals surface area contributed by atoms with Crippen LogP contribution in [0.25, 0.3) is 21.5 Å². The Balaban J connectivity index is 1.82. The van der Waals surface area contributed by atoms with Gasteiger partial charge >= 0.3 is 32.7 Å². The predicted octanol–water partition coefficient (Wildman–Crippen LogP) is 5.90. The first kappa shape index (κ1) is 50.9. The van der Waals surface area contributed by atoms with Crippen LogP contribution in [-0.2, 0) is 51.4 Å². The number of nitriles is 1. The van der Waals surface area contributed by atoms with Gasteiger partial charge < -0.3 is 42.6 Å². The molecule has 16 nitrogen and oxygen atoms in total. The van der Waals surface area contributed by atoms with Crippen LogP contribution in [0.3, 0.4) is 0 Å². The molecule has 4 unspecified atom stereocenters. The quantitative estimate of drug-likeness (QED) is 0.0254. The molecule has 4 atom stereocenters. The summed E-state index contributed by atoms with van der Waals surface area (Å²) in [5.74, 6) is -4.91. The first-order valence-electron chi connectivity index (χ1n) is 20.5. The molecule has 0 bridgehead atoms.